The van der Waals surface area contributed by atoms with Gasteiger partial charge >= 0.3 is 0 Å². The number of hydrogen-bond donors (Lipinski definition) is 2. The molecule has 1 aromatic heterocycles. The third-order valence-electron chi connectivity index (χ3n) is 4.94. The van der Waals surface area contributed by atoms with Crippen molar-refractivity contribution < 1.29 is 13.9 Å². The molecule has 1 atom stereocenters. The molecule has 27 heavy (non-hydrogen) atoms. The third kappa shape index (κ3) is 4.49. The predicted molar refractivity (Wildman–Crippen MR) is 105 cm³/mol. The van der Waals surface area contributed by atoms with Crippen molar-refractivity contribution in [3.8, 4) is 5.75 Å². The van der Waals surface area contributed by atoms with Crippen LogP contribution in [-0.4, -0.2) is 25.5 Å². The van der Waals surface area contributed by atoms with Crippen LogP contribution < -0.4 is 15.4 Å². The first-order valence-electron chi connectivity index (χ1n) is 9.47. The highest BCUT2D eigenvalue weighted by atomic mass is 16.5. The molecule has 2 aromatic carbocycles. The quantitative estimate of drug-likeness (QED) is 0.699. The Kier molecular flexibility index (Phi) is 5.39. The lowest BCUT2D eigenvalue weighted by atomic mass is 10.00. The lowest BCUT2D eigenvalue weighted by molar-refractivity contribution is 0.0913. The normalized spacial score (nSPS) is 17.0. The van der Waals surface area contributed by atoms with E-state index in [4.69, 9.17) is 9.15 Å². The maximum atomic E-state index is 12.3. The molecule has 140 valence electrons. The van der Waals surface area contributed by atoms with E-state index in [9.17, 15) is 4.79 Å². The highest BCUT2D eigenvalue weighted by Crippen LogP contribution is 2.21. The smallest absolute Gasteiger partial charge is 0.287 e. The number of nitrogens with one attached hydrogen (secondary N) is 2. The first-order chi connectivity index (χ1) is 13.3. The molecule has 0 saturated carbocycles. The van der Waals surface area contributed by atoms with Crippen LogP contribution in [0, 0.1) is 5.92 Å². The number of rotatable bonds is 6. The molecule has 0 bridgehead atoms. The Morgan fingerprint density at radius 2 is 2.04 bits per heavy atom. The molecular weight excluding hydrogens is 340 g/mol. The standard InChI is InChI=1S/C22H24N2O3/c25-22(24-14-16-4-3-11-23-13-16)21-10-9-20(27-21)15-26-19-8-7-17-5-1-2-6-18(17)12-19/h1-2,5-10,12,16,23H,3-4,11,13-15H2,(H,24,25). The van der Waals surface area contributed by atoms with Gasteiger partial charge in [0, 0.05) is 6.54 Å². The van der Waals surface area contributed by atoms with Gasteiger partial charge in [-0.05, 0) is 66.9 Å². The molecule has 1 unspecified atom stereocenters. The van der Waals surface area contributed by atoms with E-state index in [1.54, 1.807) is 12.1 Å². The zero-order valence-corrected chi connectivity index (χ0v) is 15.2. The van der Waals surface area contributed by atoms with Gasteiger partial charge in [-0.15, -0.1) is 0 Å². The Bertz CT molecular complexity index is 913. The molecule has 5 nitrogen and oxygen atoms in total. The summed E-state index contributed by atoms with van der Waals surface area (Å²) < 4.78 is 11.5. The zero-order chi connectivity index (χ0) is 18.5. The van der Waals surface area contributed by atoms with E-state index in [-0.39, 0.29) is 12.5 Å². The van der Waals surface area contributed by atoms with Crippen molar-refractivity contribution in [1.82, 2.24) is 10.6 Å². The van der Waals surface area contributed by atoms with Gasteiger partial charge in [0.15, 0.2) is 5.76 Å². The molecule has 0 spiro atoms. The molecular formula is C22H24N2O3. The lowest BCUT2D eigenvalue weighted by Crippen LogP contribution is -2.38. The van der Waals surface area contributed by atoms with E-state index in [1.807, 2.05) is 30.3 Å². The van der Waals surface area contributed by atoms with E-state index < -0.39 is 0 Å². The molecule has 1 saturated heterocycles. The summed E-state index contributed by atoms with van der Waals surface area (Å²) in [5, 5.41) is 8.62. The maximum absolute atomic E-state index is 12.3. The SMILES string of the molecule is O=C(NCC1CCCNC1)c1ccc(COc2ccc3ccccc3c2)o1. The summed E-state index contributed by atoms with van der Waals surface area (Å²) in [6, 6.07) is 17.6. The van der Waals surface area contributed by atoms with Gasteiger partial charge in [-0.3, -0.25) is 4.79 Å². The molecule has 0 aliphatic carbocycles. The van der Waals surface area contributed by atoms with Crippen LogP contribution in [0.15, 0.2) is 59.0 Å². The Morgan fingerprint density at radius 1 is 1.15 bits per heavy atom. The van der Waals surface area contributed by atoms with Crippen LogP contribution >= 0.6 is 0 Å². The summed E-state index contributed by atoms with van der Waals surface area (Å²) in [6.07, 6.45) is 2.31. The second kappa shape index (κ2) is 8.27. The average molecular weight is 364 g/mol. The highest BCUT2D eigenvalue weighted by molar-refractivity contribution is 5.91. The van der Waals surface area contributed by atoms with Crippen LogP contribution in [0.1, 0.15) is 29.2 Å². The van der Waals surface area contributed by atoms with Gasteiger partial charge in [-0.25, -0.2) is 0 Å². The summed E-state index contributed by atoms with van der Waals surface area (Å²) in [5.74, 6) is 2.07. The van der Waals surface area contributed by atoms with Gasteiger partial charge in [-0.1, -0.05) is 30.3 Å². The molecule has 5 heteroatoms. The zero-order valence-electron chi connectivity index (χ0n) is 15.2. The number of hydrogen-bond acceptors (Lipinski definition) is 4. The minimum Gasteiger partial charge on any atom is -0.486 e. The van der Waals surface area contributed by atoms with Crippen molar-refractivity contribution >= 4 is 16.7 Å². The summed E-state index contributed by atoms with van der Waals surface area (Å²) in [7, 11) is 0. The number of ether oxygens (including phenoxy) is 1. The molecule has 4 rings (SSSR count). The number of carbonyl (C=O) groups excluding carboxylic acids is 1. The molecule has 1 fully saturated rings. The van der Waals surface area contributed by atoms with E-state index in [0.29, 0.717) is 24.0 Å². The molecule has 2 N–H and O–H groups in total. The number of piperidine rings is 1. The van der Waals surface area contributed by atoms with Gasteiger partial charge < -0.3 is 19.8 Å². The van der Waals surface area contributed by atoms with Crippen LogP contribution in [0.25, 0.3) is 10.8 Å². The van der Waals surface area contributed by atoms with Crippen molar-refractivity contribution in [1.29, 1.82) is 0 Å². The van der Waals surface area contributed by atoms with Gasteiger partial charge in [0.1, 0.15) is 18.1 Å². The molecule has 0 radical (unpaired) electrons. The van der Waals surface area contributed by atoms with E-state index >= 15 is 0 Å². The van der Waals surface area contributed by atoms with Crippen molar-refractivity contribution in [2.75, 3.05) is 19.6 Å². The van der Waals surface area contributed by atoms with Crippen molar-refractivity contribution in [3.63, 3.8) is 0 Å². The largest absolute Gasteiger partial charge is 0.486 e. The number of fused-ring (bicyclic) bond motifs is 1. The number of furan rings is 1. The van der Waals surface area contributed by atoms with Crippen LogP contribution in [0.4, 0.5) is 0 Å². The summed E-state index contributed by atoms with van der Waals surface area (Å²) in [6.45, 7) is 3.00. The summed E-state index contributed by atoms with van der Waals surface area (Å²) in [4.78, 5) is 12.3. The Hall–Kier alpha value is -2.79. The number of carbonyl (C=O) groups is 1. The second-order valence-corrected chi connectivity index (χ2v) is 6.99. The van der Waals surface area contributed by atoms with Crippen molar-refractivity contribution in [3.05, 3.63) is 66.1 Å². The van der Waals surface area contributed by atoms with E-state index in [0.717, 1.165) is 37.1 Å². The minimum absolute atomic E-state index is 0.169. The van der Waals surface area contributed by atoms with Crippen molar-refractivity contribution in [2.45, 2.75) is 19.4 Å². The fourth-order valence-electron chi connectivity index (χ4n) is 3.41. The van der Waals surface area contributed by atoms with Gasteiger partial charge in [0.25, 0.3) is 5.91 Å². The first-order valence-corrected chi connectivity index (χ1v) is 9.47. The number of amides is 1. The van der Waals surface area contributed by atoms with Gasteiger partial charge in [-0.2, -0.15) is 0 Å². The van der Waals surface area contributed by atoms with E-state index in [1.165, 1.54) is 5.39 Å². The minimum atomic E-state index is -0.169. The molecule has 1 aliphatic heterocycles. The summed E-state index contributed by atoms with van der Waals surface area (Å²) in [5.41, 5.74) is 0. The fourth-order valence-corrected chi connectivity index (χ4v) is 3.41. The second-order valence-electron chi connectivity index (χ2n) is 6.99. The maximum Gasteiger partial charge on any atom is 0.287 e. The van der Waals surface area contributed by atoms with Crippen LogP contribution in [0.3, 0.4) is 0 Å². The Labute approximate surface area is 158 Å². The fraction of sp³-hybridized carbons (Fsp3) is 0.318. The molecule has 3 aromatic rings. The predicted octanol–water partition coefficient (Wildman–Crippen LogP) is 3.74. The Balaban J connectivity index is 1.31. The van der Waals surface area contributed by atoms with Crippen LogP contribution in [0.2, 0.25) is 0 Å². The Morgan fingerprint density at radius 3 is 2.89 bits per heavy atom. The highest BCUT2D eigenvalue weighted by Gasteiger charge is 2.16. The molecule has 2 heterocycles. The topological polar surface area (TPSA) is 63.5 Å². The van der Waals surface area contributed by atoms with Gasteiger partial charge in [0.05, 0.1) is 0 Å². The monoisotopic (exact) mass is 364 g/mol. The molecule has 1 aliphatic rings. The number of benzene rings is 2. The van der Waals surface area contributed by atoms with Crippen LogP contribution in [-0.2, 0) is 6.61 Å². The van der Waals surface area contributed by atoms with Crippen molar-refractivity contribution in [2.24, 2.45) is 5.92 Å². The lowest BCUT2D eigenvalue weighted by Gasteiger charge is -2.22. The summed E-state index contributed by atoms with van der Waals surface area (Å²) >= 11 is 0. The first kappa shape index (κ1) is 17.6. The van der Waals surface area contributed by atoms with Crippen LogP contribution in [0.5, 0.6) is 5.75 Å². The van der Waals surface area contributed by atoms with Gasteiger partial charge in [0.2, 0.25) is 0 Å². The van der Waals surface area contributed by atoms with E-state index in [2.05, 4.69) is 22.8 Å². The third-order valence-corrected chi connectivity index (χ3v) is 4.94. The molecule has 1 amide bonds. The average Bonchev–Trinajstić information content (AvgIpc) is 3.20.